The Kier molecular flexibility index (Phi) is 5.37. The summed E-state index contributed by atoms with van der Waals surface area (Å²) in [6.45, 7) is 1.78. The number of anilines is 1. The van der Waals surface area contributed by atoms with Gasteiger partial charge in [-0.1, -0.05) is 13.0 Å². The van der Waals surface area contributed by atoms with Crippen LogP contribution in [0, 0.1) is 0 Å². The standard InChI is InChI=1S/C16H16N4O2/c1-2-15(21)19-14-7-5-13(6-8-14)16(22)20-18-11-12-4-3-9-17-10-12/h3-11H,2H2,1H3,(H,19,21)(H,20,22). The van der Waals surface area contributed by atoms with Crippen LogP contribution in [0.2, 0.25) is 0 Å². The molecule has 0 saturated heterocycles. The first-order valence-corrected chi connectivity index (χ1v) is 6.82. The number of aromatic nitrogens is 1. The van der Waals surface area contributed by atoms with E-state index in [0.717, 1.165) is 5.56 Å². The lowest BCUT2D eigenvalue weighted by Gasteiger charge is -2.04. The molecule has 0 radical (unpaired) electrons. The summed E-state index contributed by atoms with van der Waals surface area (Å²) in [6.07, 6.45) is 5.22. The van der Waals surface area contributed by atoms with Crippen molar-refractivity contribution >= 4 is 23.7 Å². The highest BCUT2D eigenvalue weighted by Gasteiger charge is 2.04. The van der Waals surface area contributed by atoms with E-state index < -0.39 is 0 Å². The van der Waals surface area contributed by atoms with E-state index in [4.69, 9.17) is 0 Å². The first-order chi connectivity index (χ1) is 10.7. The summed E-state index contributed by atoms with van der Waals surface area (Å²) in [6, 6.07) is 10.2. The molecule has 6 nitrogen and oxygen atoms in total. The molecule has 6 heteroatoms. The van der Waals surface area contributed by atoms with Gasteiger partial charge in [0.05, 0.1) is 6.21 Å². The second-order valence-electron chi connectivity index (χ2n) is 4.46. The normalized spacial score (nSPS) is 10.4. The van der Waals surface area contributed by atoms with E-state index in [9.17, 15) is 9.59 Å². The summed E-state index contributed by atoms with van der Waals surface area (Å²) < 4.78 is 0. The monoisotopic (exact) mass is 296 g/mol. The molecular formula is C16H16N4O2. The Morgan fingerprint density at radius 1 is 1.23 bits per heavy atom. The van der Waals surface area contributed by atoms with Gasteiger partial charge in [0.15, 0.2) is 0 Å². The molecule has 1 aromatic heterocycles. The maximum atomic E-state index is 11.9. The fourth-order valence-electron chi connectivity index (χ4n) is 1.64. The molecule has 0 aliphatic carbocycles. The Bertz CT molecular complexity index is 666. The van der Waals surface area contributed by atoms with Gasteiger partial charge in [-0.05, 0) is 30.3 Å². The number of carbonyl (C=O) groups excluding carboxylic acids is 2. The van der Waals surface area contributed by atoms with Crippen molar-refractivity contribution in [1.82, 2.24) is 10.4 Å². The van der Waals surface area contributed by atoms with Gasteiger partial charge in [0.25, 0.3) is 5.91 Å². The SMILES string of the molecule is CCC(=O)Nc1ccc(C(=O)NN=Cc2cccnc2)cc1. The molecule has 2 aromatic rings. The Morgan fingerprint density at radius 2 is 2.00 bits per heavy atom. The molecule has 1 aromatic carbocycles. The first-order valence-electron chi connectivity index (χ1n) is 6.82. The Balaban J connectivity index is 1.92. The third kappa shape index (κ3) is 4.52. The molecule has 0 bridgehead atoms. The fraction of sp³-hybridized carbons (Fsp3) is 0.125. The summed E-state index contributed by atoms with van der Waals surface area (Å²) in [5.74, 6) is -0.396. The third-order valence-electron chi connectivity index (χ3n) is 2.82. The molecule has 0 fully saturated rings. The molecule has 112 valence electrons. The lowest BCUT2D eigenvalue weighted by Crippen LogP contribution is -2.17. The average molecular weight is 296 g/mol. The highest BCUT2D eigenvalue weighted by atomic mass is 16.2. The molecule has 2 rings (SSSR count). The van der Waals surface area contributed by atoms with E-state index in [2.05, 4.69) is 20.8 Å². The first kappa shape index (κ1) is 15.4. The molecular weight excluding hydrogens is 280 g/mol. The quantitative estimate of drug-likeness (QED) is 0.655. The van der Waals surface area contributed by atoms with Gasteiger partial charge >= 0.3 is 0 Å². The van der Waals surface area contributed by atoms with E-state index in [1.165, 1.54) is 6.21 Å². The van der Waals surface area contributed by atoms with Crippen molar-refractivity contribution in [2.45, 2.75) is 13.3 Å². The Morgan fingerprint density at radius 3 is 2.64 bits per heavy atom. The second kappa shape index (κ2) is 7.68. The molecule has 2 N–H and O–H groups in total. The second-order valence-corrected chi connectivity index (χ2v) is 4.46. The summed E-state index contributed by atoms with van der Waals surface area (Å²) in [5.41, 5.74) is 4.34. The number of hydrogen-bond acceptors (Lipinski definition) is 4. The summed E-state index contributed by atoms with van der Waals surface area (Å²) in [4.78, 5) is 27.1. The van der Waals surface area contributed by atoms with Crippen LogP contribution >= 0.6 is 0 Å². The van der Waals surface area contributed by atoms with Crippen LogP contribution in [-0.4, -0.2) is 23.0 Å². The average Bonchev–Trinajstić information content (AvgIpc) is 2.56. The minimum atomic E-state index is -0.325. The largest absolute Gasteiger partial charge is 0.326 e. The van der Waals surface area contributed by atoms with E-state index in [-0.39, 0.29) is 11.8 Å². The zero-order valence-electron chi connectivity index (χ0n) is 12.1. The molecule has 0 atom stereocenters. The smallest absolute Gasteiger partial charge is 0.271 e. The number of hydrazone groups is 1. The van der Waals surface area contributed by atoms with Crippen molar-refractivity contribution in [3.8, 4) is 0 Å². The molecule has 0 unspecified atom stereocenters. The predicted molar refractivity (Wildman–Crippen MR) is 84.7 cm³/mol. The lowest BCUT2D eigenvalue weighted by atomic mass is 10.2. The zero-order valence-corrected chi connectivity index (χ0v) is 12.1. The molecule has 0 saturated carbocycles. The Hall–Kier alpha value is -3.02. The summed E-state index contributed by atoms with van der Waals surface area (Å²) in [7, 11) is 0. The van der Waals surface area contributed by atoms with Crippen LogP contribution in [0.25, 0.3) is 0 Å². The van der Waals surface area contributed by atoms with E-state index in [1.807, 2.05) is 6.07 Å². The van der Waals surface area contributed by atoms with Crippen molar-refractivity contribution < 1.29 is 9.59 Å². The molecule has 0 aliphatic heterocycles. The van der Waals surface area contributed by atoms with Gasteiger partial charge in [0.1, 0.15) is 0 Å². The van der Waals surface area contributed by atoms with Gasteiger partial charge in [-0.2, -0.15) is 5.10 Å². The molecule has 1 heterocycles. The van der Waals surface area contributed by atoms with Gasteiger partial charge in [-0.3, -0.25) is 14.6 Å². The molecule has 0 spiro atoms. The van der Waals surface area contributed by atoms with Crippen LogP contribution in [0.3, 0.4) is 0 Å². The van der Waals surface area contributed by atoms with Crippen molar-refractivity contribution in [2.24, 2.45) is 5.10 Å². The number of carbonyl (C=O) groups is 2. The number of nitrogens with one attached hydrogen (secondary N) is 2. The number of nitrogens with zero attached hydrogens (tertiary/aromatic N) is 2. The maximum absolute atomic E-state index is 11.9. The van der Waals surface area contributed by atoms with Gasteiger partial charge in [0, 0.05) is 35.6 Å². The third-order valence-corrected chi connectivity index (χ3v) is 2.82. The van der Waals surface area contributed by atoms with Gasteiger partial charge in [0.2, 0.25) is 5.91 Å². The van der Waals surface area contributed by atoms with Gasteiger partial charge < -0.3 is 5.32 Å². The molecule has 2 amide bonds. The van der Waals surface area contributed by atoms with Crippen molar-refractivity contribution in [1.29, 1.82) is 0 Å². The van der Waals surface area contributed by atoms with Crippen LogP contribution in [0.4, 0.5) is 5.69 Å². The van der Waals surface area contributed by atoms with Crippen molar-refractivity contribution in [3.05, 3.63) is 59.9 Å². The van der Waals surface area contributed by atoms with Crippen LogP contribution < -0.4 is 10.7 Å². The number of hydrogen-bond donors (Lipinski definition) is 2. The van der Waals surface area contributed by atoms with Gasteiger partial charge in [-0.25, -0.2) is 5.43 Å². The van der Waals surface area contributed by atoms with Crippen LogP contribution in [0.15, 0.2) is 53.9 Å². The highest BCUT2D eigenvalue weighted by Crippen LogP contribution is 2.09. The topological polar surface area (TPSA) is 83.5 Å². The number of amides is 2. The highest BCUT2D eigenvalue weighted by molar-refractivity contribution is 5.96. The number of benzene rings is 1. The van der Waals surface area contributed by atoms with Gasteiger partial charge in [-0.15, -0.1) is 0 Å². The molecule has 0 aliphatic rings. The molecule has 22 heavy (non-hydrogen) atoms. The van der Waals surface area contributed by atoms with Crippen molar-refractivity contribution in [2.75, 3.05) is 5.32 Å². The predicted octanol–water partition coefficient (Wildman–Crippen LogP) is 2.19. The van der Waals surface area contributed by atoms with E-state index >= 15 is 0 Å². The van der Waals surface area contributed by atoms with Crippen LogP contribution in [0.5, 0.6) is 0 Å². The maximum Gasteiger partial charge on any atom is 0.271 e. The Labute approximate surface area is 128 Å². The van der Waals surface area contributed by atoms with Crippen LogP contribution in [-0.2, 0) is 4.79 Å². The minimum Gasteiger partial charge on any atom is -0.326 e. The minimum absolute atomic E-state index is 0.0710. The van der Waals surface area contributed by atoms with E-state index in [0.29, 0.717) is 17.7 Å². The van der Waals surface area contributed by atoms with Crippen LogP contribution in [0.1, 0.15) is 29.3 Å². The number of pyridine rings is 1. The fourth-order valence-corrected chi connectivity index (χ4v) is 1.64. The lowest BCUT2D eigenvalue weighted by molar-refractivity contribution is -0.115. The summed E-state index contributed by atoms with van der Waals surface area (Å²) >= 11 is 0. The summed E-state index contributed by atoms with van der Waals surface area (Å²) in [5, 5.41) is 6.58. The van der Waals surface area contributed by atoms with E-state index in [1.54, 1.807) is 49.6 Å². The van der Waals surface area contributed by atoms with Crippen molar-refractivity contribution in [3.63, 3.8) is 0 Å². The zero-order chi connectivity index (χ0) is 15.8. The number of rotatable bonds is 5.